The molecule has 142 valence electrons. The fraction of sp³-hybridized carbons (Fsp3) is 0.765. The molecule has 0 unspecified atom stereocenters. The molecule has 0 fully saturated rings. The molecule has 1 rings (SSSR count). The summed E-state index contributed by atoms with van der Waals surface area (Å²) in [6.45, 7) is 5.67. The third kappa shape index (κ3) is 8.11. The smallest absolute Gasteiger partial charge is 0.347 e. The van der Waals surface area contributed by atoms with Crippen molar-refractivity contribution in [3.8, 4) is 0 Å². The van der Waals surface area contributed by atoms with Gasteiger partial charge in [0.15, 0.2) is 0 Å². The zero-order chi connectivity index (χ0) is 18.8. The number of unbranched alkanes of at least 4 members (excludes halogenated alkanes) is 2. The maximum absolute atomic E-state index is 12.3. The van der Waals surface area contributed by atoms with Gasteiger partial charge in [-0.3, -0.25) is 14.2 Å². The van der Waals surface area contributed by atoms with Crippen LogP contribution < -0.4 is 11.2 Å². The van der Waals surface area contributed by atoms with Crippen molar-refractivity contribution in [2.24, 2.45) is 0 Å². The summed E-state index contributed by atoms with van der Waals surface area (Å²) in [6, 6.07) is 0. The van der Waals surface area contributed by atoms with Crippen LogP contribution in [0.5, 0.6) is 0 Å². The molecule has 0 saturated carbocycles. The first-order valence-corrected chi connectivity index (χ1v) is 8.83. The highest BCUT2D eigenvalue weighted by molar-refractivity contribution is 5.66. The summed E-state index contributed by atoms with van der Waals surface area (Å²) in [6.07, 6.45) is 4.91. The van der Waals surface area contributed by atoms with Crippen LogP contribution in [0.4, 0.5) is 0 Å². The second-order valence-electron chi connectivity index (χ2n) is 6.40. The Hall–Kier alpha value is -1.96. The summed E-state index contributed by atoms with van der Waals surface area (Å²) in [4.78, 5) is 35.1. The van der Waals surface area contributed by atoms with Crippen molar-refractivity contribution in [1.82, 2.24) is 14.3 Å². The van der Waals surface area contributed by atoms with Crippen LogP contribution >= 0.6 is 0 Å². The topological polar surface area (TPSA) is 103 Å². The highest BCUT2D eigenvalue weighted by atomic mass is 16.5. The molecule has 2 atom stereocenters. The van der Waals surface area contributed by atoms with Gasteiger partial charge in [0.1, 0.15) is 6.20 Å². The molecule has 0 aliphatic carbocycles. The van der Waals surface area contributed by atoms with Crippen molar-refractivity contribution in [1.29, 1.82) is 0 Å². The fourth-order valence-electron chi connectivity index (χ4n) is 2.58. The van der Waals surface area contributed by atoms with Crippen molar-refractivity contribution < 1.29 is 14.6 Å². The Labute approximate surface area is 147 Å². The predicted octanol–water partition coefficient (Wildman–Crippen LogP) is 1.08. The maximum atomic E-state index is 12.3. The quantitative estimate of drug-likeness (QED) is 0.470. The lowest BCUT2D eigenvalue weighted by molar-refractivity contribution is -0.145. The molecule has 0 aromatic carbocycles. The minimum atomic E-state index is -0.405. The maximum Gasteiger partial charge on any atom is 0.347 e. The third-order valence-corrected chi connectivity index (χ3v) is 3.88. The van der Waals surface area contributed by atoms with E-state index in [4.69, 9.17) is 4.74 Å². The Balaban J connectivity index is 2.53. The van der Waals surface area contributed by atoms with Crippen LogP contribution in [0.1, 0.15) is 59.3 Å². The largest absolute Gasteiger partial charge is 0.463 e. The molecule has 1 heterocycles. The Morgan fingerprint density at radius 3 is 2.44 bits per heavy atom. The molecule has 0 amide bonds. The monoisotopic (exact) mass is 355 g/mol. The van der Waals surface area contributed by atoms with Gasteiger partial charge in [-0.05, 0) is 52.4 Å². The molecular formula is C17H29N3O5. The van der Waals surface area contributed by atoms with Crippen LogP contribution in [0.15, 0.2) is 15.8 Å². The van der Waals surface area contributed by atoms with E-state index in [0.717, 1.165) is 25.5 Å². The van der Waals surface area contributed by atoms with E-state index in [1.807, 2.05) is 6.92 Å². The molecule has 0 aliphatic heterocycles. The SMILES string of the molecule is CC(=O)O[C@H](C)CCCCn1c(=O)cnn(CCCC[C@@H](C)O)c1=O. The van der Waals surface area contributed by atoms with E-state index in [2.05, 4.69) is 5.10 Å². The van der Waals surface area contributed by atoms with Crippen LogP contribution in [0.3, 0.4) is 0 Å². The average molecular weight is 355 g/mol. The summed E-state index contributed by atoms with van der Waals surface area (Å²) in [5.74, 6) is -0.309. The van der Waals surface area contributed by atoms with Gasteiger partial charge in [0.05, 0.1) is 12.2 Å². The number of hydrogen-bond acceptors (Lipinski definition) is 6. The number of aromatic nitrogens is 3. The first kappa shape index (κ1) is 21.1. The molecule has 0 aliphatic rings. The Kier molecular flexibility index (Phi) is 9.12. The molecule has 0 saturated heterocycles. The van der Waals surface area contributed by atoms with Gasteiger partial charge in [0, 0.05) is 20.0 Å². The molecule has 8 heteroatoms. The average Bonchev–Trinajstić information content (AvgIpc) is 2.51. The molecule has 1 aromatic rings. The van der Waals surface area contributed by atoms with Crippen LogP contribution in [-0.2, 0) is 22.6 Å². The highest BCUT2D eigenvalue weighted by Crippen LogP contribution is 2.05. The second kappa shape index (κ2) is 10.8. The molecule has 1 aromatic heterocycles. The van der Waals surface area contributed by atoms with Gasteiger partial charge in [-0.15, -0.1) is 0 Å². The van der Waals surface area contributed by atoms with Gasteiger partial charge in [0.25, 0.3) is 5.56 Å². The van der Waals surface area contributed by atoms with Crippen molar-refractivity contribution in [3.05, 3.63) is 27.0 Å². The molecule has 8 nitrogen and oxygen atoms in total. The van der Waals surface area contributed by atoms with E-state index in [9.17, 15) is 19.5 Å². The number of esters is 1. The van der Waals surface area contributed by atoms with E-state index in [-0.39, 0.29) is 18.2 Å². The number of rotatable bonds is 11. The van der Waals surface area contributed by atoms with Gasteiger partial charge in [0.2, 0.25) is 0 Å². The van der Waals surface area contributed by atoms with Crippen LogP contribution in [0.2, 0.25) is 0 Å². The van der Waals surface area contributed by atoms with Crippen molar-refractivity contribution in [2.75, 3.05) is 0 Å². The van der Waals surface area contributed by atoms with Crippen molar-refractivity contribution in [2.45, 2.75) is 84.6 Å². The lowest BCUT2D eigenvalue weighted by atomic mass is 10.2. The summed E-state index contributed by atoms with van der Waals surface area (Å²) in [7, 11) is 0. The first-order valence-electron chi connectivity index (χ1n) is 8.83. The molecule has 0 bridgehead atoms. The first-order chi connectivity index (χ1) is 11.8. The Bertz CT molecular complexity index is 650. The number of ether oxygens (including phenoxy) is 1. The van der Waals surface area contributed by atoms with Crippen LogP contribution in [0, 0.1) is 0 Å². The van der Waals surface area contributed by atoms with Crippen molar-refractivity contribution >= 4 is 5.97 Å². The van der Waals surface area contributed by atoms with Gasteiger partial charge < -0.3 is 9.84 Å². The second-order valence-corrected chi connectivity index (χ2v) is 6.40. The zero-order valence-corrected chi connectivity index (χ0v) is 15.3. The van der Waals surface area contributed by atoms with Crippen molar-refractivity contribution in [3.63, 3.8) is 0 Å². The van der Waals surface area contributed by atoms with E-state index in [0.29, 0.717) is 32.4 Å². The Morgan fingerprint density at radius 1 is 1.16 bits per heavy atom. The van der Waals surface area contributed by atoms with Crippen LogP contribution in [-0.4, -0.2) is 37.6 Å². The number of carbonyl (C=O) groups is 1. The predicted molar refractivity (Wildman–Crippen MR) is 93.4 cm³/mol. The third-order valence-electron chi connectivity index (χ3n) is 3.88. The number of aryl methyl sites for hydroxylation is 1. The number of aliphatic hydroxyl groups excluding tert-OH is 1. The van der Waals surface area contributed by atoms with E-state index in [1.54, 1.807) is 6.92 Å². The fourth-order valence-corrected chi connectivity index (χ4v) is 2.58. The molecule has 0 radical (unpaired) electrons. The summed E-state index contributed by atoms with van der Waals surface area (Å²) < 4.78 is 7.53. The van der Waals surface area contributed by atoms with Gasteiger partial charge in [-0.25, -0.2) is 9.48 Å². The summed E-state index contributed by atoms with van der Waals surface area (Å²) in [5.41, 5.74) is -0.809. The lowest BCUT2D eigenvalue weighted by Gasteiger charge is -2.12. The number of hydrogen-bond donors (Lipinski definition) is 1. The van der Waals surface area contributed by atoms with Crippen LogP contribution in [0.25, 0.3) is 0 Å². The normalized spacial score (nSPS) is 13.4. The minimum absolute atomic E-state index is 0.169. The molecule has 1 N–H and O–H groups in total. The van der Waals surface area contributed by atoms with E-state index >= 15 is 0 Å². The standard InChI is InChI=1S/C17H29N3O5/c1-13(21)8-4-7-11-20-17(24)19(16(23)12-18-20)10-6-5-9-14(2)25-15(3)22/h12-14,21H,4-11H2,1-3H3/t13-,14-/m1/s1. The molecule has 0 spiro atoms. The minimum Gasteiger partial charge on any atom is -0.463 e. The summed E-state index contributed by atoms with van der Waals surface area (Å²) in [5, 5.41) is 13.1. The molecular weight excluding hydrogens is 326 g/mol. The molecule has 25 heavy (non-hydrogen) atoms. The lowest BCUT2D eigenvalue weighted by Crippen LogP contribution is -2.41. The summed E-state index contributed by atoms with van der Waals surface area (Å²) >= 11 is 0. The van der Waals surface area contributed by atoms with Gasteiger partial charge in [-0.2, -0.15) is 5.10 Å². The number of aliphatic hydroxyl groups is 1. The van der Waals surface area contributed by atoms with E-state index in [1.165, 1.54) is 16.2 Å². The van der Waals surface area contributed by atoms with E-state index < -0.39 is 11.2 Å². The number of carbonyl (C=O) groups excluding carboxylic acids is 1. The Morgan fingerprint density at radius 2 is 1.80 bits per heavy atom. The van der Waals surface area contributed by atoms with Gasteiger partial charge in [-0.1, -0.05) is 0 Å². The highest BCUT2D eigenvalue weighted by Gasteiger charge is 2.08. The van der Waals surface area contributed by atoms with Gasteiger partial charge >= 0.3 is 11.7 Å². The zero-order valence-electron chi connectivity index (χ0n) is 15.3. The number of nitrogens with zero attached hydrogens (tertiary/aromatic N) is 3.